The number of nitrogens with zero attached hydrogens (tertiary/aromatic N) is 4. The number of likely N-dealkylation sites (N-methyl/N-ethyl adjacent to an activating group) is 2. The zero-order chi connectivity index (χ0) is 28.7. The third-order valence-electron chi connectivity index (χ3n) is 9.95. The topological polar surface area (TPSA) is 48.5 Å². The van der Waals surface area contributed by atoms with Gasteiger partial charge in [0.05, 0.1) is 19.0 Å². The number of fused-ring (bicyclic) bond motifs is 7. The lowest BCUT2D eigenvalue weighted by atomic mass is 9.55. The van der Waals surface area contributed by atoms with Gasteiger partial charge in [0, 0.05) is 35.3 Å². The van der Waals surface area contributed by atoms with Crippen molar-refractivity contribution in [1.29, 1.82) is 0 Å². The number of carbonyl (C=O) groups is 1. The van der Waals surface area contributed by atoms with Gasteiger partial charge in [-0.1, -0.05) is 36.4 Å². The fourth-order valence-electron chi connectivity index (χ4n) is 8.65. The number of para-hydroxylation sites is 2. The molecule has 3 aromatic carbocycles. The molecule has 2 fully saturated rings. The maximum absolute atomic E-state index is 14.1. The minimum absolute atomic E-state index is 0.0777. The molecule has 0 spiro atoms. The van der Waals surface area contributed by atoms with Crippen molar-refractivity contribution >= 4 is 23.2 Å². The predicted octanol–water partition coefficient (Wildman–Crippen LogP) is 6.10. The van der Waals surface area contributed by atoms with Gasteiger partial charge in [-0.25, -0.2) is 4.79 Å². The van der Waals surface area contributed by atoms with Crippen LogP contribution < -0.4 is 14.5 Å². The summed E-state index contributed by atoms with van der Waals surface area (Å²) in [7, 11) is 6.13. The van der Waals surface area contributed by atoms with Crippen molar-refractivity contribution in [3.8, 4) is 5.75 Å². The average molecular weight is 553 g/mol. The van der Waals surface area contributed by atoms with Crippen LogP contribution in [0.15, 0.2) is 72.8 Å². The van der Waals surface area contributed by atoms with Crippen LogP contribution in [0.4, 0.5) is 21.9 Å². The van der Waals surface area contributed by atoms with E-state index in [-0.39, 0.29) is 29.3 Å². The zero-order valence-corrected chi connectivity index (χ0v) is 24.9. The highest BCUT2D eigenvalue weighted by Gasteiger charge is 2.74. The fraction of sp³-hybridized carbons (Fsp3) is 0.441. The predicted molar refractivity (Wildman–Crippen MR) is 162 cm³/mol. The van der Waals surface area contributed by atoms with Crippen LogP contribution in [0.3, 0.4) is 0 Å². The number of hydrogen-bond acceptors (Lipinski definition) is 6. The van der Waals surface area contributed by atoms with E-state index in [1.807, 2.05) is 43.9 Å². The molecule has 7 heteroatoms. The minimum Gasteiger partial charge on any atom is -0.497 e. The first-order valence-electron chi connectivity index (χ1n) is 14.7. The first-order valence-corrected chi connectivity index (χ1v) is 14.7. The zero-order valence-electron chi connectivity index (χ0n) is 24.9. The number of rotatable bonds is 3. The molecule has 2 saturated heterocycles. The number of ether oxygens (including phenoxy) is 2. The van der Waals surface area contributed by atoms with Crippen LogP contribution in [-0.4, -0.2) is 68.1 Å². The van der Waals surface area contributed by atoms with Gasteiger partial charge in [0.25, 0.3) is 0 Å². The summed E-state index contributed by atoms with van der Waals surface area (Å²) >= 11 is 0. The second-order valence-electron chi connectivity index (χ2n) is 13.1. The Kier molecular flexibility index (Phi) is 5.77. The standard InChI is InChI=1S/C34H40N4O3/c1-32(2,3)41-31(39)38-28-14-10-8-12-26(28)34(20-22-36(5)30(34)38)33-19-21-35(4)29(33)37(27-13-9-7-11-25(27)33)23-15-17-24(40-6)18-16-23/h7-18,29-30H,19-22H2,1-6H3. The highest BCUT2D eigenvalue weighted by molar-refractivity contribution is 5.94. The number of methoxy groups -OCH3 is 1. The Hall–Kier alpha value is -3.55. The van der Waals surface area contributed by atoms with E-state index in [2.05, 4.69) is 83.4 Å². The van der Waals surface area contributed by atoms with E-state index in [1.165, 1.54) is 16.8 Å². The summed E-state index contributed by atoms with van der Waals surface area (Å²) in [5, 5.41) is 0. The van der Waals surface area contributed by atoms with Crippen molar-refractivity contribution < 1.29 is 14.3 Å². The first kappa shape index (κ1) is 26.4. The average Bonchev–Trinajstić information content (AvgIpc) is 3.65. The minimum atomic E-state index is -0.589. The monoisotopic (exact) mass is 552 g/mol. The van der Waals surface area contributed by atoms with E-state index in [1.54, 1.807) is 7.11 Å². The van der Waals surface area contributed by atoms with Crippen molar-refractivity contribution in [2.24, 2.45) is 0 Å². The normalized spacial score (nSPS) is 28.8. The number of amides is 1. The molecule has 3 aromatic rings. The van der Waals surface area contributed by atoms with Gasteiger partial charge in [0.15, 0.2) is 0 Å². The van der Waals surface area contributed by atoms with Gasteiger partial charge in [-0.3, -0.25) is 14.7 Å². The van der Waals surface area contributed by atoms with Crippen molar-refractivity contribution in [3.05, 3.63) is 83.9 Å². The summed E-state index contributed by atoms with van der Waals surface area (Å²) in [5.74, 6) is 0.848. The summed E-state index contributed by atoms with van der Waals surface area (Å²) < 4.78 is 11.6. The second kappa shape index (κ2) is 8.97. The van der Waals surface area contributed by atoms with E-state index >= 15 is 0 Å². The number of carbonyl (C=O) groups excluding carboxylic acids is 1. The summed E-state index contributed by atoms with van der Waals surface area (Å²) in [6.45, 7) is 7.71. The third kappa shape index (κ3) is 3.42. The van der Waals surface area contributed by atoms with Crippen LogP contribution in [0.5, 0.6) is 5.75 Å². The van der Waals surface area contributed by atoms with Crippen LogP contribution >= 0.6 is 0 Å². The van der Waals surface area contributed by atoms with Gasteiger partial charge in [-0.05, 0) is 95.2 Å². The van der Waals surface area contributed by atoms with Gasteiger partial charge >= 0.3 is 6.09 Å². The largest absolute Gasteiger partial charge is 0.497 e. The molecule has 214 valence electrons. The Morgan fingerprint density at radius 3 is 1.93 bits per heavy atom. The Bertz CT molecular complexity index is 1500. The molecule has 1 amide bonds. The molecule has 7 rings (SSSR count). The van der Waals surface area contributed by atoms with Crippen LogP contribution in [0, 0.1) is 0 Å². The number of anilines is 3. The second-order valence-corrected chi connectivity index (χ2v) is 13.1. The van der Waals surface area contributed by atoms with Crippen molar-refractivity contribution in [1.82, 2.24) is 9.80 Å². The van der Waals surface area contributed by atoms with Gasteiger partial charge < -0.3 is 14.4 Å². The molecule has 4 unspecified atom stereocenters. The summed E-state index contributed by atoms with van der Waals surface area (Å²) in [4.78, 5) is 23.5. The molecule has 0 bridgehead atoms. The molecule has 0 radical (unpaired) electrons. The molecule has 4 aliphatic heterocycles. The fourth-order valence-corrected chi connectivity index (χ4v) is 8.65. The van der Waals surface area contributed by atoms with Crippen LogP contribution in [0.25, 0.3) is 0 Å². The molecular formula is C34H40N4O3. The summed E-state index contributed by atoms with van der Waals surface area (Å²) in [6.07, 6.45) is 1.60. The highest BCUT2D eigenvalue weighted by Crippen LogP contribution is 2.69. The molecule has 4 aliphatic rings. The van der Waals surface area contributed by atoms with Gasteiger partial charge in [-0.15, -0.1) is 0 Å². The lowest BCUT2D eigenvalue weighted by Crippen LogP contribution is -2.63. The van der Waals surface area contributed by atoms with E-state index in [4.69, 9.17) is 9.47 Å². The first-order chi connectivity index (χ1) is 19.6. The Morgan fingerprint density at radius 2 is 1.32 bits per heavy atom. The van der Waals surface area contributed by atoms with Gasteiger partial charge in [0.2, 0.25) is 0 Å². The van der Waals surface area contributed by atoms with Crippen molar-refractivity contribution in [3.63, 3.8) is 0 Å². The van der Waals surface area contributed by atoms with Crippen molar-refractivity contribution in [2.45, 2.75) is 62.4 Å². The highest BCUT2D eigenvalue weighted by atomic mass is 16.6. The Morgan fingerprint density at radius 1 is 0.780 bits per heavy atom. The smallest absolute Gasteiger partial charge is 0.416 e. The maximum atomic E-state index is 14.1. The van der Waals surface area contributed by atoms with Gasteiger partial charge in [0.1, 0.15) is 17.5 Å². The Balaban J connectivity index is 1.48. The lowest BCUT2D eigenvalue weighted by molar-refractivity contribution is 0.0490. The van der Waals surface area contributed by atoms with E-state index < -0.39 is 5.60 Å². The molecule has 0 aliphatic carbocycles. The van der Waals surface area contributed by atoms with E-state index in [9.17, 15) is 4.79 Å². The van der Waals surface area contributed by atoms with E-state index in [0.29, 0.717) is 0 Å². The molecule has 0 saturated carbocycles. The third-order valence-corrected chi connectivity index (χ3v) is 9.95. The Labute approximate surface area is 243 Å². The number of likely N-dealkylation sites (tertiary alicyclic amines) is 2. The van der Waals surface area contributed by atoms with E-state index in [0.717, 1.165) is 43.1 Å². The van der Waals surface area contributed by atoms with Crippen LogP contribution in [-0.2, 0) is 15.6 Å². The summed E-state index contributed by atoms with van der Waals surface area (Å²) in [5.41, 5.74) is 4.80. The molecule has 0 aromatic heterocycles. The SMILES string of the molecule is COc1ccc(N2c3ccccc3C3(C45CCN(C)C4N(C(=O)OC(C)(C)C)c4ccccc45)CCN(C)C23)cc1. The molecular weight excluding hydrogens is 512 g/mol. The molecule has 0 N–H and O–H groups in total. The van der Waals surface area contributed by atoms with Crippen molar-refractivity contribution in [2.75, 3.05) is 44.1 Å². The molecule has 41 heavy (non-hydrogen) atoms. The quantitative estimate of drug-likeness (QED) is 0.391. The molecule has 4 heterocycles. The molecule has 4 atom stereocenters. The van der Waals surface area contributed by atoms with Crippen LogP contribution in [0.1, 0.15) is 44.7 Å². The van der Waals surface area contributed by atoms with Gasteiger partial charge in [-0.2, -0.15) is 0 Å². The lowest BCUT2D eigenvalue weighted by Gasteiger charge is -2.50. The number of hydrogen-bond donors (Lipinski definition) is 0. The van der Waals surface area contributed by atoms with Crippen LogP contribution in [0.2, 0.25) is 0 Å². The number of benzene rings is 3. The summed E-state index contributed by atoms with van der Waals surface area (Å²) in [6, 6.07) is 26.0. The maximum Gasteiger partial charge on any atom is 0.416 e. The molecule has 7 nitrogen and oxygen atoms in total.